The van der Waals surface area contributed by atoms with Crippen LogP contribution in [0.4, 0.5) is 14.5 Å². The lowest BCUT2D eigenvalue weighted by Gasteiger charge is -2.06. The standard InChI is InChI=1S/C20H17F2N3O4/c1-12-2-4-13(5-3-12)20-24-18(29-25-20)8-9-19(27)28-11-17(26)23-14-6-7-15(21)16(22)10-14/h2-7,10H,8-9,11H2,1H3,(H,23,26). The molecule has 9 heteroatoms. The minimum absolute atomic E-state index is 0.0550. The van der Waals surface area contributed by atoms with Gasteiger partial charge in [0.1, 0.15) is 0 Å². The van der Waals surface area contributed by atoms with Crippen LogP contribution in [0.2, 0.25) is 0 Å². The Balaban J connectivity index is 1.43. The first kappa shape index (κ1) is 20.1. The Morgan fingerprint density at radius 1 is 1.10 bits per heavy atom. The number of amides is 1. The Morgan fingerprint density at radius 2 is 1.86 bits per heavy atom. The van der Waals surface area contributed by atoms with Crippen molar-refractivity contribution in [2.24, 2.45) is 0 Å². The molecule has 0 radical (unpaired) electrons. The molecule has 0 bridgehead atoms. The second-order valence-corrected chi connectivity index (χ2v) is 6.22. The molecule has 150 valence electrons. The molecule has 0 aliphatic carbocycles. The molecule has 7 nitrogen and oxygen atoms in total. The van der Waals surface area contributed by atoms with E-state index >= 15 is 0 Å². The fourth-order valence-corrected chi connectivity index (χ4v) is 2.37. The molecular weight excluding hydrogens is 384 g/mol. The number of halogens is 2. The van der Waals surface area contributed by atoms with Gasteiger partial charge in [-0.25, -0.2) is 8.78 Å². The molecule has 0 aliphatic heterocycles. The van der Waals surface area contributed by atoms with Gasteiger partial charge in [0.2, 0.25) is 11.7 Å². The summed E-state index contributed by atoms with van der Waals surface area (Å²) in [7, 11) is 0. The molecule has 1 N–H and O–H groups in total. The summed E-state index contributed by atoms with van der Waals surface area (Å²) < 4.78 is 35.9. The Morgan fingerprint density at radius 3 is 2.59 bits per heavy atom. The molecule has 1 amide bonds. The Labute approximate surface area is 164 Å². The number of esters is 1. The van der Waals surface area contributed by atoms with Gasteiger partial charge in [-0.05, 0) is 19.1 Å². The largest absolute Gasteiger partial charge is 0.456 e. The van der Waals surface area contributed by atoms with Crippen molar-refractivity contribution < 1.29 is 27.6 Å². The highest BCUT2D eigenvalue weighted by atomic mass is 19.2. The van der Waals surface area contributed by atoms with Crippen molar-refractivity contribution in [3.63, 3.8) is 0 Å². The van der Waals surface area contributed by atoms with Gasteiger partial charge in [0.25, 0.3) is 5.91 Å². The van der Waals surface area contributed by atoms with Gasteiger partial charge in [-0.3, -0.25) is 9.59 Å². The number of carbonyl (C=O) groups excluding carboxylic acids is 2. The molecule has 0 atom stereocenters. The molecule has 0 aliphatic rings. The van der Waals surface area contributed by atoms with Gasteiger partial charge in [-0.15, -0.1) is 0 Å². The average molecular weight is 401 g/mol. The predicted octanol–water partition coefficient (Wildman–Crippen LogP) is 3.44. The van der Waals surface area contributed by atoms with Crippen molar-refractivity contribution in [1.29, 1.82) is 0 Å². The third-order valence-corrected chi connectivity index (χ3v) is 3.89. The summed E-state index contributed by atoms with van der Waals surface area (Å²) in [6.07, 6.45) is 0.0937. The van der Waals surface area contributed by atoms with E-state index in [1.54, 1.807) is 0 Å². The van der Waals surface area contributed by atoms with Crippen molar-refractivity contribution in [2.45, 2.75) is 19.8 Å². The van der Waals surface area contributed by atoms with Gasteiger partial charge in [0.15, 0.2) is 18.2 Å². The smallest absolute Gasteiger partial charge is 0.306 e. The van der Waals surface area contributed by atoms with E-state index in [-0.39, 0.29) is 24.4 Å². The molecule has 1 heterocycles. The number of carbonyl (C=O) groups is 2. The van der Waals surface area contributed by atoms with Crippen LogP contribution in [-0.4, -0.2) is 28.6 Å². The third-order valence-electron chi connectivity index (χ3n) is 3.89. The first-order valence-electron chi connectivity index (χ1n) is 8.71. The highest BCUT2D eigenvalue weighted by molar-refractivity contribution is 5.92. The van der Waals surface area contributed by atoms with Crippen LogP contribution in [0.25, 0.3) is 11.4 Å². The lowest BCUT2D eigenvalue weighted by molar-refractivity contribution is -0.147. The second kappa shape index (κ2) is 9.05. The van der Waals surface area contributed by atoms with Gasteiger partial charge in [-0.1, -0.05) is 35.0 Å². The first-order chi connectivity index (χ1) is 13.9. The van der Waals surface area contributed by atoms with Crippen LogP contribution in [0.1, 0.15) is 17.9 Å². The fraction of sp³-hybridized carbons (Fsp3) is 0.200. The maximum Gasteiger partial charge on any atom is 0.306 e. The van der Waals surface area contributed by atoms with E-state index in [2.05, 4.69) is 15.5 Å². The Bertz CT molecular complexity index is 1020. The van der Waals surface area contributed by atoms with Crippen LogP contribution >= 0.6 is 0 Å². The van der Waals surface area contributed by atoms with Gasteiger partial charge in [-0.2, -0.15) is 4.98 Å². The summed E-state index contributed by atoms with van der Waals surface area (Å²) in [5.41, 5.74) is 1.95. The van der Waals surface area contributed by atoms with Crippen molar-refractivity contribution in [1.82, 2.24) is 10.1 Å². The van der Waals surface area contributed by atoms with Gasteiger partial charge >= 0.3 is 5.97 Å². The Hall–Kier alpha value is -3.62. The second-order valence-electron chi connectivity index (χ2n) is 6.22. The monoisotopic (exact) mass is 401 g/mol. The van der Waals surface area contributed by atoms with Crippen LogP contribution in [0, 0.1) is 18.6 Å². The molecular formula is C20H17F2N3O4. The first-order valence-corrected chi connectivity index (χ1v) is 8.71. The lowest BCUT2D eigenvalue weighted by Crippen LogP contribution is -2.21. The van der Waals surface area contributed by atoms with Crippen LogP contribution < -0.4 is 5.32 Å². The maximum atomic E-state index is 13.1. The number of hydrogen-bond donors (Lipinski definition) is 1. The average Bonchev–Trinajstić information content (AvgIpc) is 3.17. The van der Waals surface area contributed by atoms with Crippen LogP contribution in [0.3, 0.4) is 0 Å². The van der Waals surface area contributed by atoms with Gasteiger partial charge in [0, 0.05) is 23.7 Å². The normalized spacial score (nSPS) is 10.6. The molecule has 2 aromatic carbocycles. The molecule has 3 rings (SSSR count). The number of hydrogen-bond acceptors (Lipinski definition) is 6. The number of benzene rings is 2. The number of aryl methyl sites for hydroxylation is 2. The van der Waals surface area contributed by atoms with E-state index < -0.39 is 30.1 Å². The number of nitrogens with zero attached hydrogens (tertiary/aromatic N) is 2. The molecule has 0 saturated heterocycles. The van der Waals surface area contributed by atoms with Gasteiger partial charge in [0.05, 0.1) is 6.42 Å². The zero-order valence-electron chi connectivity index (χ0n) is 15.4. The minimum atomic E-state index is -1.09. The number of rotatable bonds is 7. The zero-order valence-corrected chi connectivity index (χ0v) is 15.4. The van der Waals surface area contributed by atoms with E-state index in [4.69, 9.17) is 9.26 Å². The number of anilines is 1. The zero-order chi connectivity index (χ0) is 20.8. The summed E-state index contributed by atoms with van der Waals surface area (Å²) in [5, 5.41) is 6.17. The molecule has 0 saturated carbocycles. The van der Waals surface area contributed by atoms with Gasteiger partial charge < -0.3 is 14.6 Å². The summed E-state index contributed by atoms with van der Waals surface area (Å²) in [4.78, 5) is 27.7. The van der Waals surface area contributed by atoms with Crippen molar-refractivity contribution in [3.8, 4) is 11.4 Å². The van der Waals surface area contributed by atoms with Crippen LogP contribution in [-0.2, 0) is 20.7 Å². The van der Waals surface area contributed by atoms with E-state index in [1.807, 2.05) is 31.2 Å². The molecule has 0 unspecified atom stereocenters. The highest BCUT2D eigenvalue weighted by Crippen LogP contribution is 2.17. The maximum absolute atomic E-state index is 13.1. The number of aromatic nitrogens is 2. The minimum Gasteiger partial charge on any atom is -0.456 e. The van der Waals surface area contributed by atoms with E-state index in [0.29, 0.717) is 5.82 Å². The summed E-state index contributed by atoms with van der Waals surface area (Å²) >= 11 is 0. The molecule has 0 fully saturated rings. The number of nitrogens with one attached hydrogen (secondary N) is 1. The van der Waals surface area contributed by atoms with E-state index in [1.165, 1.54) is 6.07 Å². The van der Waals surface area contributed by atoms with E-state index in [0.717, 1.165) is 23.3 Å². The van der Waals surface area contributed by atoms with Crippen molar-refractivity contribution in [2.75, 3.05) is 11.9 Å². The predicted molar refractivity (Wildman–Crippen MR) is 98.7 cm³/mol. The topological polar surface area (TPSA) is 94.3 Å². The van der Waals surface area contributed by atoms with E-state index in [9.17, 15) is 18.4 Å². The lowest BCUT2D eigenvalue weighted by atomic mass is 10.1. The Kier molecular flexibility index (Phi) is 6.28. The SMILES string of the molecule is Cc1ccc(-c2noc(CCC(=O)OCC(=O)Nc3ccc(F)c(F)c3)n2)cc1. The molecule has 1 aromatic heterocycles. The number of ether oxygens (including phenoxy) is 1. The molecule has 3 aromatic rings. The summed E-state index contributed by atoms with van der Waals surface area (Å²) in [5.74, 6) is -2.75. The van der Waals surface area contributed by atoms with Crippen molar-refractivity contribution >= 4 is 17.6 Å². The molecule has 0 spiro atoms. The third kappa shape index (κ3) is 5.68. The highest BCUT2D eigenvalue weighted by Gasteiger charge is 2.13. The quantitative estimate of drug-likeness (QED) is 0.610. The molecule has 29 heavy (non-hydrogen) atoms. The van der Waals surface area contributed by atoms with Crippen LogP contribution in [0.15, 0.2) is 47.0 Å². The van der Waals surface area contributed by atoms with Crippen molar-refractivity contribution in [3.05, 3.63) is 65.6 Å². The van der Waals surface area contributed by atoms with Crippen LogP contribution in [0.5, 0.6) is 0 Å². The summed E-state index contributed by atoms with van der Waals surface area (Å²) in [6.45, 7) is 1.41. The fourth-order valence-electron chi connectivity index (χ4n) is 2.37. The summed E-state index contributed by atoms with van der Waals surface area (Å²) in [6, 6.07) is 10.5.